The van der Waals surface area contributed by atoms with Gasteiger partial charge in [-0.1, -0.05) is 38.1 Å². The molecule has 6 heteroatoms. The second-order valence-corrected chi connectivity index (χ2v) is 7.29. The normalized spacial score (nSPS) is 17.3. The highest BCUT2D eigenvalue weighted by Gasteiger charge is 2.15. The van der Waals surface area contributed by atoms with Gasteiger partial charge in [0.25, 0.3) is 0 Å². The van der Waals surface area contributed by atoms with Crippen molar-refractivity contribution in [3.8, 4) is 0 Å². The fraction of sp³-hybridized carbons (Fsp3) is 0.682. The van der Waals surface area contributed by atoms with E-state index >= 15 is 0 Å². The first-order chi connectivity index (χ1) is 13.7. The van der Waals surface area contributed by atoms with Crippen LogP contribution < -0.4 is 10.6 Å². The molecule has 6 nitrogen and oxygen atoms in total. The molecule has 1 aliphatic heterocycles. The van der Waals surface area contributed by atoms with Gasteiger partial charge in [0, 0.05) is 45.8 Å². The standard InChI is InChI=1S/C22H38N4O2/c1-4-26(5-2)16-20-9-6-8-19(14-20)15-25-22(23-3)24-11-7-12-27-17-21-10-13-28-18-21/h6,8-9,14,21H,4-5,7,10-13,15-18H2,1-3H3,(H2,23,24,25). The van der Waals surface area contributed by atoms with Crippen LogP contribution in [0, 0.1) is 5.92 Å². The maximum Gasteiger partial charge on any atom is 0.191 e. The number of nitrogens with zero attached hydrogens (tertiary/aromatic N) is 2. The zero-order valence-corrected chi connectivity index (χ0v) is 17.9. The van der Waals surface area contributed by atoms with Crippen LogP contribution in [0.5, 0.6) is 0 Å². The maximum absolute atomic E-state index is 5.74. The quantitative estimate of drug-likeness (QED) is 0.326. The molecule has 1 fully saturated rings. The molecule has 0 bridgehead atoms. The highest BCUT2D eigenvalue weighted by molar-refractivity contribution is 5.79. The topological polar surface area (TPSA) is 58.1 Å². The lowest BCUT2D eigenvalue weighted by Gasteiger charge is -2.18. The Kier molecular flexibility index (Phi) is 10.9. The molecule has 0 radical (unpaired) electrons. The van der Waals surface area contributed by atoms with Crippen LogP contribution in [0.3, 0.4) is 0 Å². The minimum absolute atomic E-state index is 0.583. The van der Waals surface area contributed by atoms with Gasteiger partial charge >= 0.3 is 0 Å². The molecule has 0 aromatic heterocycles. The molecule has 2 rings (SSSR count). The SMILES string of the molecule is CCN(CC)Cc1cccc(CNC(=NC)NCCCOCC2CCOC2)c1. The lowest BCUT2D eigenvalue weighted by atomic mass is 10.1. The summed E-state index contributed by atoms with van der Waals surface area (Å²) in [6.45, 7) is 12.5. The fourth-order valence-electron chi connectivity index (χ4n) is 3.30. The highest BCUT2D eigenvalue weighted by atomic mass is 16.5. The van der Waals surface area contributed by atoms with E-state index in [1.54, 1.807) is 0 Å². The first-order valence-corrected chi connectivity index (χ1v) is 10.6. The number of guanidine groups is 1. The van der Waals surface area contributed by atoms with Crippen LogP contribution >= 0.6 is 0 Å². The number of benzene rings is 1. The third-order valence-electron chi connectivity index (χ3n) is 5.11. The van der Waals surface area contributed by atoms with Crippen LogP contribution in [0.4, 0.5) is 0 Å². The molecule has 1 unspecified atom stereocenters. The molecule has 2 N–H and O–H groups in total. The first-order valence-electron chi connectivity index (χ1n) is 10.6. The summed E-state index contributed by atoms with van der Waals surface area (Å²) >= 11 is 0. The minimum atomic E-state index is 0.583. The van der Waals surface area contributed by atoms with Gasteiger partial charge in [0.2, 0.25) is 0 Å². The molecular weight excluding hydrogens is 352 g/mol. The average Bonchev–Trinajstić information content (AvgIpc) is 3.24. The molecule has 0 spiro atoms. The van der Waals surface area contributed by atoms with Gasteiger partial charge in [-0.15, -0.1) is 0 Å². The van der Waals surface area contributed by atoms with E-state index in [4.69, 9.17) is 9.47 Å². The summed E-state index contributed by atoms with van der Waals surface area (Å²) < 4.78 is 11.1. The van der Waals surface area contributed by atoms with E-state index in [0.29, 0.717) is 5.92 Å². The van der Waals surface area contributed by atoms with Crippen molar-refractivity contribution in [1.29, 1.82) is 0 Å². The van der Waals surface area contributed by atoms with Gasteiger partial charge < -0.3 is 20.1 Å². The van der Waals surface area contributed by atoms with Gasteiger partial charge in [-0.2, -0.15) is 0 Å². The smallest absolute Gasteiger partial charge is 0.191 e. The summed E-state index contributed by atoms with van der Waals surface area (Å²) in [6.07, 6.45) is 2.10. The fourth-order valence-corrected chi connectivity index (χ4v) is 3.30. The monoisotopic (exact) mass is 390 g/mol. The zero-order valence-electron chi connectivity index (χ0n) is 17.9. The van der Waals surface area contributed by atoms with Crippen molar-refractivity contribution in [1.82, 2.24) is 15.5 Å². The Morgan fingerprint density at radius 2 is 2.07 bits per heavy atom. The van der Waals surface area contributed by atoms with E-state index < -0.39 is 0 Å². The van der Waals surface area contributed by atoms with E-state index in [-0.39, 0.29) is 0 Å². The van der Waals surface area contributed by atoms with Crippen LogP contribution in [0.25, 0.3) is 0 Å². The number of hydrogen-bond acceptors (Lipinski definition) is 4. The van der Waals surface area contributed by atoms with Gasteiger partial charge in [0.05, 0.1) is 13.2 Å². The van der Waals surface area contributed by atoms with Crippen molar-refractivity contribution in [3.05, 3.63) is 35.4 Å². The van der Waals surface area contributed by atoms with Gasteiger partial charge in [-0.3, -0.25) is 9.89 Å². The summed E-state index contributed by atoms with van der Waals surface area (Å²) in [5.41, 5.74) is 2.63. The average molecular weight is 391 g/mol. The van der Waals surface area contributed by atoms with Gasteiger partial charge in [0.15, 0.2) is 5.96 Å². The van der Waals surface area contributed by atoms with E-state index in [1.807, 2.05) is 7.05 Å². The maximum atomic E-state index is 5.74. The van der Waals surface area contributed by atoms with Crippen molar-refractivity contribution in [3.63, 3.8) is 0 Å². The lowest BCUT2D eigenvalue weighted by Crippen LogP contribution is -2.37. The molecule has 1 atom stereocenters. The van der Waals surface area contributed by atoms with Crippen LogP contribution in [0.15, 0.2) is 29.3 Å². The van der Waals surface area contributed by atoms with E-state index in [0.717, 1.165) is 78.0 Å². The summed E-state index contributed by atoms with van der Waals surface area (Å²) in [5, 5.41) is 6.76. The van der Waals surface area contributed by atoms with Crippen LogP contribution in [0.1, 0.15) is 37.8 Å². The Bertz CT molecular complexity index is 569. The Morgan fingerprint density at radius 1 is 1.25 bits per heavy atom. The first kappa shape index (κ1) is 22.7. The molecule has 1 aromatic carbocycles. The predicted octanol–water partition coefficient (Wildman–Crippen LogP) is 2.64. The second kappa shape index (κ2) is 13.5. The van der Waals surface area contributed by atoms with Crippen molar-refractivity contribution < 1.29 is 9.47 Å². The Labute approximate surface area is 170 Å². The molecule has 0 aliphatic carbocycles. The van der Waals surface area contributed by atoms with Crippen molar-refractivity contribution in [2.45, 2.75) is 39.8 Å². The van der Waals surface area contributed by atoms with Crippen molar-refractivity contribution in [2.75, 3.05) is 53.1 Å². The van der Waals surface area contributed by atoms with Gasteiger partial charge in [-0.25, -0.2) is 0 Å². The van der Waals surface area contributed by atoms with E-state index in [1.165, 1.54) is 11.1 Å². The lowest BCUT2D eigenvalue weighted by molar-refractivity contribution is 0.0888. The molecule has 1 saturated heterocycles. The van der Waals surface area contributed by atoms with Crippen molar-refractivity contribution >= 4 is 5.96 Å². The molecule has 28 heavy (non-hydrogen) atoms. The minimum Gasteiger partial charge on any atom is -0.381 e. The second-order valence-electron chi connectivity index (χ2n) is 7.29. The Hall–Kier alpha value is -1.63. The molecule has 1 aromatic rings. The third kappa shape index (κ3) is 8.59. The molecular formula is C22H38N4O2. The summed E-state index contributed by atoms with van der Waals surface area (Å²) in [7, 11) is 1.81. The van der Waals surface area contributed by atoms with Gasteiger partial charge in [0.1, 0.15) is 0 Å². The van der Waals surface area contributed by atoms with E-state index in [9.17, 15) is 0 Å². The number of ether oxygens (including phenoxy) is 2. The summed E-state index contributed by atoms with van der Waals surface area (Å²) in [5.74, 6) is 1.42. The van der Waals surface area contributed by atoms with Crippen LogP contribution in [0.2, 0.25) is 0 Å². The van der Waals surface area contributed by atoms with Crippen LogP contribution in [-0.4, -0.2) is 64.0 Å². The summed E-state index contributed by atoms with van der Waals surface area (Å²) in [4.78, 5) is 6.74. The molecule has 1 aliphatic rings. The summed E-state index contributed by atoms with van der Waals surface area (Å²) in [6, 6.07) is 8.77. The van der Waals surface area contributed by atoms with Crippen molar-refractivity contribution in [2.24, 2.45) is 10.9 Å². The molecule has 0 amide bonds. The number of rotatable bonds is 12. The number of hydrogen-bond donors (Lipinski definition) is 2. The Balaban J connectivity index is 1.63. The molecule has 0 saturated carbocycles. The molecule has 158 valence electrons. The number of aliphatic imine (C=N–C) groups is 1. The largest absolute Gasteiger partial charge is 0.381 e. The number of nitrogens with one attached hydrogen (secondary N) is 2. The molecule has 1 heterocycles. The Morgan fingerprint density at radius 3 is 2.79 bits per heavy atom. The van der Waals surface area contributed by atoms with Crippen LogP contribution in [-0.2, 0) is 22.6 Å². The van der Waals surface area contributed by atoms with Gasteiger partial charge in [-0.05, 0) is 37.1 Å². The van der Waals surface area contributed by atoms with E-state index in [2.05, 4.69) is 58.6 Å². The predicted molar refractivity (Wildman–Crippen MR) is 116 cm³/mol. The highest BCUT2D eigenvalue weighted by Crippen LogP contribution is 2.12. The zero-order chi connectivity index (χ0) is 20.0. The third-order valence-corrected chi connectivity index (χ3v) is 5.11.